The van der Waals surface area contributed by atoms with Crippen LogP contribution in [0.4, 0.5) is 5.69 Å². The fourth-order valence-corrected chi connectivity index (χ4v) is 4.35. The molecule has 0 saturated heterocycles. The lowest BCUT2D eigenvalue weighted by Gasteiger charge is -2.13. The molecule has 1 N–H and O–H groups in total. The van der Waals surface area contributed by atoms with Crippen molar-refractivity contribution in [3.8, 4) is 34.3 Å². The van der Waals surface area contributed by atoms with Crippen molar-refractivity contribution in [2.24, 2.45) is 0 Å². The van der Waals surface area contributed by atoms with Crippen molar-refractivity contribution in [3.05, 3.63) is 71.8 Å². The monoisotopic (exact) mass is 510 g/mol. The predicted octanol–water partition coefficient (Wildman–Crippen LogP) is 5.34. The number of ether oxygens (including phenoxy) is 3. The van der Waals surface area contributed by atoms with Gasteiger partial charge in [0.1, 0.15) is 5.75 Å². The number of rotatable bonds is 9. The summed E-state index contributed by atoms with van der Waals surface area (Å²) in [6.07, 6.45) is 0. The topological polar surface area (TPSA) is 87.5 Å². The molecule has 0 aliphatic heterocycles. The molecule has 0 spiro atoms. The van der Waals surface area contributed by atoms with Gasteiger partial charge < -0.3 is 19.5 Å². The van der Waals surface area contributed by atoms with Gasteiger partial charge in [-0.2, -0.15) is 0 Å². The molecule has 4 rings (SSSR count). The zero-order valence-corrected chi connectivity index (χ0v) is 20.9. The van der Waals surface area contributed by atoms with Crippen LogP contribution in [0.25, 0.3) is 17.1 Å². The van der Waals surface area contributed by atoms with Crippen LogP contribution in [0.2, 0.25) is 5.02 Å². The van der Waals surface area contributed by atoms with Gasteiger partial charge in [-0.25, -0.2) is 0 Å². The van der Waals surface area contributed by atoms with E-state index in [1.54, 1.807) is 32.4 Å². The van der Waals surface area contributed by atoms with Gasteiger partial charge in [-0.3, -0.25) is 9.36 Å². The highest BCUT2D eigenvalue weighted by Gasteiger charge is 2.19. The Hall–Kier alpha value is -3.69. The summed E-state index contributed by atoms with van der Waals surface area (Å²) in [6, 6.07) is 20.3. The molecule has 0 atom stereocenters. The van der Waals surface area contributed by atoms with Gasteiger partial charge in [0.2, 0.25) is 5.91 Å². The molecule has 0 radical (unpaired) electrons. The summed E-state index contributed by atoms with van der Waals surface area (Å²) in [5.41, 5.74) is 2.15. The summed E-state index contributed by atoms with van der Waals surface area (Å²) in [6.45, 7) is 0. The number of halogens is 1. The Balaban J connectivity index is 1.62. The first-order valence-electron chi connectivity index (χ1n) is 10.5. The number of methoxy groups -OCH3 is 3. The second-order valence-electron chi connectivity index (χ2n) is 7.23. The molecule has 180 valence electrons. The average Bonchev–Trinajstić information content (AvgIpc) is 3.31. The summed E-state index contributed by atoms with van der Waals surface area (Å²) in [5.74, 6) is 2.20. The van der Waals surface area contributed by atoms with E-state index in [0.717, 1.165) is 11.3 Å². The summed E-state index contributed by atoms with van der Waals surface area (Å²) in [7, 11) is 4.70. The number of nitrogens with one attached hydrogen (secondary N) is 1. The third-order valence-electron chi connectivity index (χ3n) is 5.06. The van der Waals surface area contributed by atoms with Gasteiger partial charge in [0.05, 0.1) is 32.8 Å². The molecule has 0 aliphatic rings. The van der Waals surface area contributed by atoms with Crippen LogP contribution in [0, 0.1) is 0 Å². The van der Waals surface area contributed by atoms with Crippen molar-refractivity contribution in [1.82, 2.24) is 14.8 Å². The van der Waals surface area contributed by atoms with E-state index in [4.69, 9.17) is 25.8 Å². The molecule has 0 unspecified atom stereocenters. The zero-order chi connectivity index (χ0) is 24.8. The SMILES string of the molecule is COc1ccc(Cl)cc1NC(=O)CSc1nnc(-c2ccc(OC)c(OC)c2)n1-c1ccccc1. The second kappa shape index (κ2) is 11.2. The van der Waals surface area contributed by atoms with Gasteiger partial charge in [0.25, 0.3) is 0 Å². The maximum atomic E-state index is 12.7. The van der Waals surface area contributed by atoms with Crippen molar-refractivity contribution >= 4 is 35.0 Å². The maximum Gasteiger partial charge on any atom is 0.234 e. The minimum atomic E-state index is -0.231. The van der Waals surface area contributed by atoms with E-state index < -0.39 is 0 Å². The molecule has 35 heavy (non-hydrogen) atoms. The second-order valence-corrected chi connectivity index (χ2v) is 8.61. The van der Waals surface area contributed by atoms with Crippen LogP contribution in [-0.2, 0) is 4.79 Å². The van der Waals surface area contributed by atoms with Crippen LogP contribution in [0.15, 0.2) is 71.9 Å². The molecule has 10 heteroatoms. The normalized spacial score (nSPS) is 10.6. The molecule has 1 amide bonds. The Morgan fingerprint density at radius 2 is 1.63 bits per heavy atom. The Labute approximate surface area is 212 Å². The number of hydrogen-bond acceptors (Lipinski definition) is 7. The number of carbonyl (C=O) groups excluding carboxylic acids is 1. The molecule has 1 aromatic heterocycles. The van der Waals surface area contributed by atoms with Crippen molar-refractivity contribution in [2.75, 3.05) is 32.4 Å². The Morgan fingerprint density at radius 1 is 0.914 bits per heavy atom. The third-order valence-corrected chi connectivity index (χ3v) is 6.22. The number of benzene rings is 3. The van der Waals surface area contributed by atoms with Crippen LogP contribution >= 0.6 is 23.4 Å². The highest BCUT2D eigenvalue weighted by atomic mass is 35.5. The number of anilines is 1. The van der Waals surface area contributed by atoms with Gasteiger partial charge in [0, 0.05) is 16.3 Å². The molecule has 0 fully saturated rings. The summed E-state index contributed by atoms with van der Waals surface area (Å²) in [5, 5.41) is 12.7. The number of carbonyl (C=O) groups is 1. The predicted molar refractivity (Wildman–Crippen MR) is 137 cm³/mol. The Kier molecular flexibility index (Phi) is 7.79. The number of amides is 1. The summed E-state index contributed by atoms with van der Waals surface area (Å²) in [4.78, 5) is 12.7. The van der Waals surface area contributed by atoms with Crippen molar-refractivity contribution < 1.29 is 19.0 Å². The lowest BCUT2D eigenvalue weighted by molar-refractivity contribution is -0.113. The molecular weight excluding hydrogens is 488 g/mol. The Bertz CT molecular complexity index is 1330. The number of aromatic nitrogens is 3. The number of nitrogens with zero attached hydrogens (tertiary/aromatic N) is 3. The van der Waals surface area contributed by atoms with Gasteiger partial charge in [-0.05, 0) is 48.5 Å². The van der Waals surface area contributed by atoms with Crippen LogP contribution < -0.4 is 19.5 Å². The maximum absolute atomic E-state index is 12.7. The summed E-state index contributed by atoms with van der Waals surface area (Å²) < 4.78 is 18.0. The first-order valence-corrected chi connectivity index (χ1v) is 11.9. The van der Waals surface area contributed by atoms with Crippen LogP contribution in [0.5, 0.6) is 17.2 Å². The van der Waals surface area contributed by atoms with Gasteiger partial charge >= 0.3 is 0 Å². The van der Waals surface area contributed by atoms with E-state index in [-0.39, 0.29) is 11.7 Å². The van der Waals surface area contributed by atoms with E-state index in [1.165, 1.54) is 18.9 Å². The van der Waals surface area contributed by atoms with Gasteiger partial charge in [-0.1, -0.05) is 41.6 Å². The van der Waals surface area contributed by atoms with E-state index in [1.807, 2.05) is 53.1 Å². The zero-order valence-electron chi connectivity index (χ0n) is 19.3. The highest BCUT2D eigenvalue weighted by Crippen LogP contribution is 2.34. The molecule has 0 saturated carbocycles. The first kappa shape index (κ1) is 24.4. The van der Waals surface area contributed by atoms with Gasteiger partial charge in [0.15, 0.2) is 22.5 Å². The molecule has 4 aromatic rings. The molecule has 1 heterocycles. The fraction of sp³-hybridized carbons (Fsp3) is 0.160. The van der Waals surface area contributed by atoms with Crippen LogP contribution in [-0.4, -0.2) is 47.8 Å². The standard InChI is InChI=1S/C25H23ClN4O4S/c1-32-20-12-10-17(26)14-19(20)27-23(31)15-35-25-29-28-24(30(25)18-7-5-4-6-8-18)16-9-11-21(33-2)22(13-16)34-3/h4-14H,15H2,1-3H3,(H,27,31). The third kappa shape index (κ3) is 5.52. The highest BCUT2D eigenvalue weighted by molar-refractivity contribution is 7.99. The number of thioether (sulfide) groups is 1. The molecule has 0 aliphatic carbocycles. The average molecular weight is 511 g/mol. The first-order chi connectivity index (χ1) is 17.0. The lowest BCUT2D eigenvalue weighted by Crippen LogP contribution is -2.15. The van der Waals surface area contributed by atoms with Gasteiger partial charge in [-0.15, -0.1) is 10.2 Å². The van der Waals surface area contributed by atoms with Crippen LogP contribution in [0.1, 0.15) is 0 Å². The van der Waals surface area contributed by atoms with Crippen molar-refractivity contribution in [1.29, 1.82) is 0 Å². The largest absolute Gasteiger partial charge is 0.495 e. The molecule has 8 nitrogen and oxygen atoms in total. The number of hydrogen-bond donors (Lipinski definition) is 1. The molecule has 3 aromatic carbocycles. The minimum absolute atomic E-state index is 0.104. The van der Waals surface area contributed by atoms with Crippen LogP contribution in [0.3, 0.4) is 0 Å². The van der Waals surface area contributed by atoms with Crippen molar-refractivity contribution in [3.63, 3.8) is 0 Å². The Morgan fingerprint density at radius 3 is 2.34 bits per heavy atom. The van der Waals surface area contributed by atoms with E-state index in [9.17, 15) is 4.79 Å². The fourth-order valence-electron chi connectivity index (χ4n) is 3.43. The lowest BCUT2D eigenvalue weighted by atomic mass is 10.2. The van der Waals surface area contributed by atoms with E-state index >= 15 is 0 Å². The minimum Gasteiger partial charge on any atom is -0.495 e. The number of para-hydroxylation sites is 1. The van der Waals surface area contributed by atoms with Crippen molar-refractivity contribution in [2.45, 2.75) is 5.16 Å². The van der Waals surface area contributed by atoms with E-state index in [0.29, 0.717) is 38.9 Å². The molecule has 0 bridgehead atoms. The summed E-state index contributed by atoms with van der Waals surface area (Å²) >= 11 is 7.34. The quantitative estimate of drug-likeness (QED) is 0.304. The van der Waals surface area contributed by atoms with E-state index in [2.05, 4.69) is 15.5 Å². The smallest absolute Gasteiger partial charge is 0.234 e. The molecular formula is C25H23ClN4O4S.